The summed E-state index contributed by atoms with van der Waals surface area (Å²) in [5.41, 5.74) is 0. The lowest BCUT2D eigenvalue weighted by atomic mass is 10.0. The fourth-order valence-electron chi connectivity index (χ4n) is 1.32. The minimum Gasteiger partial charge on any atom is -0.466 e. The molecule has 1 fully saturated rings. The molecular formula is C9H14O4. The summed E-state index contributed by atoms with van der Waals surface area (Å²) in [5, 5.41) is 0. The summed E-state index contributed by atoms with van der Waals surface area (Å²) in [6.07, 6.45) is 0.749. The highest BCUT2D eigenvalue weighted by molar-refractivity contribution is 5.76. The van der Waals surface area contributed by atoms with Crippen molar-refractivity contribution in [1.29, 1.82) is 0 Å². The van der Waals surface area contributed by atoms with Crippen molar-refractivity contribution < 1.29 is 19.1 Å². The van der Waals surface area contributed by atoms with Gasteiger partial charge in [-0.15, -0.1) is 0 Å². The Hall–Kier alpha value is -1.06. The molecule has 1 heterocycles. The molecule has 0 unspecified atom stereocenters. The van der Waals surface area contributed by atoms with E-state index in [2.05, 4.69) is 0 Å². The van der Waals surface area contributed by atoms with Crippen LogP contribution in [-0.2, 0) is 19.1 Å². The first kappa shape index (κ1) is 10.0. The Kier molecular flexibility index (Phi) is 3.28. The average Bonchev–Trinajstić information content (AvgIpc) is 2.51. The second kappa shape index (κ2) is 4.25. The van der Waals surface area contributed by atoms with Crippen LogP contribution < -0.4 is 0 Å². The molecule has 1 saturated heterocycles. The van der Waals surface area contributed by atoms with E-state index in [0.717, 1.165) is 0 Å². The third-order valence-electron chi connectivity index (χ3n) is 2.13. The number of hydrogen-bond donors (Lipinski definition) is 0. The monoisotopic (exact) mass is 186 g/mol. The Balaban J connectivity index is 2.43. The van der Waals surface area contributed by atoms with E-state index in [9.17, 15) is 9.59 Å². The summed E-state index contributed by atoms with van der Waals surface area (Å²) in [6.45, 7) is 3.84. The van der Waals surface area contributed by atoms with Crippen molar-refractivity contribution in [2.24, 2.45) is 5.92 Å². The van der Waals surface area contributed by atoms with E-state index >= 15 is 0 Å². The molecule has 0 aromatic carbocycles. The molecule has 0 N–H and O–H groups in total. The largest absolute Gasteiger partial charge is 0.466 e. The van der Waals surface area contributed by atoms with Crippen LogP contribution in [0.5, 0.6) is 0 Å². The lowest BCUT2D eigenvalue weighted by Crippen LogP contribution is -2.27. The topological polar surface area (TPSA) is 52.6 Å². The number of carbonyl (C=O) groups is 2. The van der Waals surface area contributed by atoms with Crippen LogP contribution in [0.25, 0.3) is 0 Å². The molecule has 4 heteroatoms. The van der Waals surface area contributed by atoms with Crippen molar-refractivity contribution in [3.63, 3.8) is 0 Å². The minimum atomic E-state index is -0.341. The van der Waals surface area contributed by atoms with Gasteiger partial charge in [-0.05, 0) is 20.3 Å². The van der Waals surface area contributed by atoms with E-state index in [-0.39, 0.29) is 24.0 Å². The van der Waals surface area contributed by atoms with Gasteiger partial charge in [-0.1, -0.05) is 0 Å². The van der Waals surface area contributed by atoms with E-state index < -0.39 is 0 Å². The zero-order valence-electron chi connectivity index (χ0n) is 7.91. The van der Waals surface area contributed by atoms with Crippen molar-refractivity contribution in [3.05, 3.63) is 0 Å². The van der Waals surface area contributed by atoms with E-state index in [1.165, 1.54) is 0 Å². The average molecular weight is 186 g/mol. The Bertz CT molecular complexity index is 212. The van der Waals surface area contributed by atoms with Gasteiger partial charge in [-0.25, -0.2) is 0 Å². The van der Waals surface area contributed by atoms with Crippen LogP contribution in [0.2, 0.25) is 0 Å². The molecule has 0 aromatic heterocycles. The van der Waals surface area contributed by atoms with Gasteiger partial charge in [0.2, 0.25) is 0 Å². The summed E-state index contributed by atoms with van der Waals surface area (Å²) in [4.78, 5) is 22.0. The molecule has 4 nitrogen and oxygen atoms in total. The molecule has 13 heavy (non-hydrogen) atoms. The predicted octanol–water partition coefficient (Wildman–Crippen LogP) is 0.891. The van der Waals surface area contributed by atoms with E-state index in [0.29, 0.717) is 19.4 Å². The molecule has 0 aromatic rings. The number of carbonyl (C=O) groups excluding carboxylic acids is 2. The number of cyclic esters (lactones) is 1. The van der Waals surface area contributed by atoms with E-state index in [4.69, 9.17) is 9.47 Å². The second-order valence-corrected chi connectivity index (χ2v) is 3.11. The molecule has 0 spiro atoms. The van der Waals surface area contributed by atoms with Crippen LogP contribution in [0.1, 0.15) is 26.7 Å². The third kappa shape index (κ3) is 2.44. The Labute approximate surface area is 77.2 Å². The Morgan fingerprint density at radius 2 is 2.46 bits per heavy atom. The van der Waals surface area contributed by atoms with Crippen molar-refractivity contribution in [2.45, 2.75) is 32.8 Å². The van der Waals surface area contributed by atoms with Gasteiger partial charge < -0.3 is 9.47 Å². The van der Waals surface area contributed by atoms with Gasteiger partial charge in [-0.3, -0.25) is 9.59 Å². The van der Waals surface area contributed by atoms with Crippen LogP contribution in [0, 0.1) is 5.92 Å². The Morgan fingerprint density at radius 1 is 1.77 bits per heavy atom. The summed E-state index contributed by atoms with van der Waals surface area (Å²) in [6, 6.07) is 0. The van der Waals surface area contributed by atoms with E-state index in [1.807, 2.05) is 0 Å². The molecule has 74 valence electrons. The quantitative estimate of drug-likeness (QED) is 0.614. The van der Waals surface area contributed by atoms with Crippen LogP contribution in [0.4, 0.5) is 0 Å². The number of hydrogen-bond acceptors (Lipinski definition) is 4. The first-order valence-corrected chi connectivity index (χ1v) is 4.51. The lowest BCUT2D eigenvalue weighted by Gasteiger charge is -2.15. The lowest BCUT2D eigenvalue weighted by molar-refractivity contribution is -0.155. The molecule has 0 amide bonds. The fraction of sp³-hybridized carbons (Fsp3) is 0.778. The number of rotatable bonds is 3. The molecule has 0 aliphatic carbocycles. The van der Waals surface area contributed by atoms with Crippen molar-refractivity contribution in [2.75, 3.05) is 6.61 Å². The maximum Gasteiger partial charge on any atom is 0.312 e. The molecule has 0 radical (unpaired) electrons. The van der Waals surface area contributed by atoms with Crippen LogP contribution in [0.3, 0.4) is 0 Å². The number of ether oxygens (including phenoxy) is 2. The molecule has 1 rings (SSSR count). The maximum absolute atomic E-state index is 11.2. The van der Waals surface area contributed by atoms with Crippen LogP contribution >= 0.6 is 0 Å². The van der Waals surface area contributed by atoms with Gasteiger partial charge in [0.15, 0.2) is 0 Å². The van der Waals surface area contributed by atoms with Gasteiger partial charge >= 0.3 is 11.9 Å². The standard InChI is InChI=1S/C9H14O4/c1-3-12-9(11)6(2)7-4-5-8(10)13-7/h6-7H,3-5H2,1-2H3/t6-,7-/m1/s1. The normalized spacial score (nSPS) is 23.8. The summed E-state index contributed by atoms with van der Waals surface area (Å²) >= 11 is 0. The van der Waals surface area contributed by atoms with E-state index in [1.54, 1.807) is 13.8 Å². The summed E-state index contributed by atoms with van der Waals surface area (Å²) in [5.74, 6) is -0.852. The highest BCUT2D eigenvalue weighted by Crippen LogP contribution is 2.21. The van der Waals surface area contributed by atoms with Crippen molar-refractivity contribution >= 4 is 11.9 Å². The molecule has 1 aliphatic rings. The summed E-state index contributed by atoms with van der Waals surface area (Å²) < 4.78 is 9.77. The zero-order valence-corrected chi connectivity index (χ0v) is 7.91. The van der Waals surface area contributed by atoms with Gasteiger partial charge in [0.25, 0.3) is 0 Å². The molecular weight excluding hydrogens is 172 g/mol. The van der Waals surface area contributed by atoms with Gasteiger partial charge in [-0.2, -0.15) is 0 Å². The minimum absolute atomic E-state index is 0.221. The molecule has 2 atom stereocenters. The predicted molar refractivity (Wildman–Crippen MR) is 44.9 cm³/mol. The molecule has 1 aliphatic heterocycles. The molecule has 0 bridgehead atoms. The molecule has 0 saturated carbocycles. The van der Waals surface area contributed by atoms with Gasteiger partial charge in [0.05, 0.1) is 12.5 Å². The maximum atomic E-state index is 11.2. The first-order chi connectivity index (χ1) is 6.15. The zero-order chi connectivity index (χ0) is 9.84. The van der Waals surface area contributed by atoms with Gasteiger partial charge in [0, 0.05) is 6.42 Å². The fourth-order valence-corrected chi connectivity index (χ4v) is 1.32. The van der Waals surface area contributed by atoms with Crippen LogP contribution in [0.15, 0.2) is 0 Å². The Morgan fingerprint density at radius 3 is 2.92 bits per heavy atom. The SMILES string of the molecule is CCOC(=O)[C@H](C)[C@H]1CCC(=O)O1. The second-order valence-electron chi connectivity index (χ2n) is 3.11. The van der Waals surface area contributed by atoms with Crippen molar-refractivity contribution in [1.82, 2.24) is 0 Å². The first-order valence-electron chi connectivity index (χ1n) is 4.51. The van der Waals surface area contributed by atoms with Crippen LogP contribution in [-0.4, -0.2) is 24.6 Å². The number of esters is 2. The summed E-state index contributed by atoms with van der Waals surface area (Å²) in [7, 11) is 0. The third-order valence-corrected chi connectivity index (χ3v) is 2.13. The van der Waals surface area contributed by atoms with Gasteiger partial charge in [0.1, 0.15) is 6.10 Å². The highest BCUT2D eigenvalue weighted by Gasteiger charge is 2.33. The van der Waals surface area contributed by atoms with Crippen molar-refractivity contribution in [3.8, 4) is 0 Å². The smallest absolute Gasteiger partial charge is 0.312 e. The highest BCUT2D eigenvalue weighted by atomic mass is 16.6.